The quantitative estimate of drug-likeness (QED) is 0.887. The minimum atomic E-state index is -0.404. The summed E-state index contributed by atoms with van der Waals surface area (Å²) >= 11 is 0. The van der Waals surface area contributed by atoms with Crippen molar-refractivity contribution in [1.82, 2.24) is 10.3 Å². The highest BCUT2D eigenvalue weighted by Gasteiger charge is 2.20. The summed E-state index contributed by atoms with van der Waals surface area (Å²) in [5.41, 5.74) is 5.80. The predicted octanol–water partition coefficient (Wildman–Crippen LogP) is 1.78. The third kappa shape index (κ3) is 4.17. The average Bonchev–Trinajstić information content (AvgIpc) is 2.48. The molecule has 0 aliphatic carbocycles. The van der Waals surface area contributed by atoms with Crippen LogP contribution in [-0.2, 0) is 0 Å². The van der Waals surface area contributed by atoms with E-state index in [1.165, 1.54) is 12.8 Å². The highest BCUT2D eigenvalue weighted by atomic mass is 16.1. The molecule has 1 aliphatic heterocycles. The summed E-state index contributed by atoms with van der Waals surface area (Å²) in [5.74, 6) is 1.62. The zero-order valence-corrected chi connectivity index (χ0v) is 13.2. The molecule has 1 fully saturated rings. The Morgan fingerprint density at radius 1 is 1.43 bits per heavy atom. The lowest BCUT2D eigenvalue weighted by atomic mass is 9.99. The first-order chi connectivity index (χ1) is 9.91. The van der Waals surface area contributed by atoms with E-state index in [0.29, 0.717) is 12.1 Å². The van der Waals surface area contributed by atoms with Crippen LogP contribution in [-0.4, -0.2) is 36.1 Å². The molecule has 116 valence electrons. The second-order valence-corrected chi connectivity index (χ2v) is 6.62. The molecule has 1 aromatic rings. The van der Waals surface area contributed by atoms with E-state index in [0.717, 1.165) is 24.8 Å². The predicted molar refractivity (Wildman–Crippen MR) is 85.4 cm³/mol. The van der Waals surface area contributed by atoms with Crippen LogP contribution in [0.1, 0.15) is 44.0 Å². The molecule has 0 radical (unpaired) electrons. The lowest BCUT2D eigenvalue weighted by Gasteiger charge is -2.31. The molecule has 2 heterocycles. The number of nitrogens with one attached hydrogen (secondary N) is 1. The number of aromatic nitrogens is 1. The van der Waals surface area contributed by atoms with E-state index in [2.05, 4.69) is 22.1 Å². The van der Waals surface area contributed by atoms with Gasteiger partial charge in [0.2, 0.25) is 0 Å². The topological polar surface area (TPSA) is 71.2 Å². The maximum Gasteiger partial charge on any atom is 0.253 e. The summed E-state index contributed by atoms with van der Waals surface area (Å²) in [6.45, 7) is 8.58. The van der Waals surface area contributed by atoms with E-state index in [1.54, 1.807) is 6.20 Å². The van der Waals surface area contributed by atoms with Gasteiger partial charge in [-0.25, -0.2) is 4.98 Å². The van der Waals surface area contributed by atoms with Crippen LogP contribution < -0.4 is 16.0 Å². The SMILES string of the molecule is CC1CCN(c2ccc(C(=O)NC(C)(C)CN)cn2)CC1. The van der Waals surface area contributed by atoms with Gasteiger partial charge in [0.15, 0.2) is 0 Å². The summed E-state index contributed by atoms with van der Waals surface area (Å²) in [4.78, 5) is 18.9. The standard InChI is InChI=1S/C16H26N4O/c1-12-6-8-20(9-7-12)14-5-4-13(10-18-14)15(21)19-16(2,3)11-17/h4-5,10,12H,6-9,11,17H2,1-3H3,(H,19,21). The van der Waals surface area contributed by atoms with Crippen LogP contribution >= 0.6 is 0 Å². The first kappa shape index (κ1) is 15.8. The molecule has 2 rings (SSSR count). The van der Waals surface area contributed by atoms with E-state index >= 15 is 0 Å². The van der Waals surface area contributed by atoms with Crippen molar-refractivity contribution in [3.8, 4) is 0 Å². The van der Waals surface area contributed by atoms with Crippen LogP contribution in [0.2, 0.25) is 0 Å². The van der Waals surface area contributed by atoms with Gasteiger partial charge in [-0.3, -0.25) is 4.79 Å². The van der Waals surface area contributed by atoms with Crippen molar-refractivity contribution in [2.75, 3.05) is 24.5 Å². The Morgan fingerprint density at radius 3 is 2.62 bits per heavy atom. The third-order valence-electron chi connectivity index (χ3n) is 4.08. The van der Waals surface area contributed by atoms with Gasteiger partial charge in [-0.2, -0.15) is 0 Å². The molecule has 0 saturated carbocycles. The molecule has 0 atom stereocenters. The number of hydrogen-bond donors (Lipinski definition) is 2. The molecule has 0 bridgehead atoms. The van der Waals surface area contributed by atoms with E-state index < -0.39 is 5.54 Å². The second kappa shape index (κ2) is 6.43. The van der Waals surface area contributed by atoms with Crippen molar-refractivity contribution in [2.24, 2.45) is 11.7 Å². The summed E-state index contributed by atoms with van der Waals surface area (Å²) < 4.78 is 0. The molecular weight excluding hydrogens is 264 g/mol. The molecule has 0 spiro atoms. The number of pyridine rings is 1. The maximum absolute atomic E-state index is 12.1. The number of nitrogens with zero attached hydrogens (tertiary/aromatic N) is 2. The zero-order chi connectivity index (χ0) is 15.5. The molecule has 5 heteroatoms. The molecule has 1 aromatic heterocycles. The van der Waals surface area contributed by atoms with Gasteiger partial charge in [0.05, 0.1) is 5.56 Å². The van der Waals surface area contributed by atoms with Gasteiger partial charge >= 0.3 is 0 Å². The summed E-state index contributed by atoms with van der Waals surface area (Å²) in [7, 11) is 0. The van der Waals surface area contributed by atoms with Gasteiger partial charge in [-0.1, -0.05) is 6.92 Å². The van der Waals surface area contributed by atoms with E-state index in [4.69, 9.17) is 5.73 Å². The van der Waals surface area contributed by atoms with E-state index in [9.17, 15) is 4.79 Å². The van der Waals surface area contributed by atoms with Crippen LogP contribution in [0.4, 0.5) is 5.82 Å². The van der Waals surface area contributed by atoms with Crippen molar-refractivity contribution < 1.29 is 4.79 Å². The molecule has 0 aromatic carbocycles. The smallest absolute Gasteiger partial charge is 0.253 e. The minimum absolute atomic E-state index is 0.128. The van der Waals surface area contributed by atoms with Crippen molar-refractivity contribution in [3.05, 3.63) is 23.9 Å². The van der Waals surface area contributed by atoms with Crippen LogP contribution in [0.3, 0.4) is 0 Å². The van der Waals surface area contributed by atoms with Crippen LogP contribution in [0.5, 0.6) is 0 Å². The first-order valence-electron chi connectivity index (χ1n) is 7.65. The van der Waals surface area contributed by atoms with Gasteiger partial charge in [0.1, 0.15) is 5.82 Å². The van der Waals surface area contributed by atoms with Gasteiger partial charge in [0, 0.05) is 31.4 Å². The molecule has 21 heavy (non-hydrogen) atoms. The van der Waals surface area contributed by atoms with Gasteiger partial charge in [0.25, 0.3) is 5.91 Å². The molecule has 3 N–H and O–H groups in total. The van der Waals surface area contributed by atoms with Crippen molar-refractivity contribution >= 4 is 11.7 Å². The first-order valence-corrected chi connectivity index (χ1v) is 7.65. The number of piperidine rings is 1. The maximum atomic E-state index is 12.1. The van der Waals surface area contributed by atoms with Crippen molar-refractivity contribution in [2.45, 2.75) is 39.2 Å². The fourth-order valence-electron chi connectivity index (χ4n) is 2.38. The highest BCUT2D eigenvalue weighted by molar-refractivity contribution is 5.94. The van der Waals surface area contributed by atoms with E-state index in [-0.39, 0.29) is 5.91 Å². The Labute approximate surface area is 126 Å². The highest BCUT2D eigenvalue weighted by Crippen LogP contribution is 2.21. The number of hydrogen-bond acceptors (Lipinski definition) is 4. The number of carbonyl (C=O) groups excluding carboxylic acids is 1. The van der Waals surface area contributed by atoms with Crippen LogP contribution in [0.15, 0.2) is 18.3 Å². The number of rotatable bonds is 4. The molecule has 5 nitrogen and oxygen atoms in total. The molecular formula is C16H26N4O. The average molecular weight is 290 g/mol. The van der Waals surface area contributed by atoms with Gasteiger partial charge in [-0.05, 0) is 44.7 Å². The van der Waals surface area contributed by atoms with Gasteiger partial charge in [-0.15, -0.1) is 0 Å². The number of nitrogens with two attached hydrogens (primary N) is 1. The summed E-state index contributed by atoms with van der Waals surface area (Å²) in [6.07, 6.45) is 4.05. The Bertz CT molecular complexity index is 476. The number of carbonyl (C=O) groups is 1. The largest absolute Gasteiger partial charge is 0.357 e. The fraction of sp³-hybridized carbons (Fsp3) is 0.625. The second-order valence-electron chi connectivity index (χ2n) is 6.62. The number of amides is 1. The Kier molecular flexibility index (Phi) is 4.83. The van der Waals surface area contributed by atoms with Gasteiger partial charge < -0.3 is 16.0 Å². The molecule has 1 amide bonds. The van der Waals surface area contributed by atoms with Crippen molar-refractivity contribution in [3.63, 3.8) is 0 Å². The monoisotopic (exact) mass is 290 g/mol. The fourth-order valence-corrected chi connectivity index (χ4v) is 2.38. The van der Waals surface area contributed by atoms with Crippen molar-refractivity contribution in [1.29, 1.82) is 0 Å². The molecule has 0 unspecified atom stereocenters. The summed E-state index contributed by atoms with van der Waals surface area (Å²) in [5, 5.41) is 2.91. The molecule has 1 aliphatic rings. The lowest BCUT2D eigenvalue weighted by molar-refractivity contribution is 0.0915. The van der Waals surface area contributed by atoms with Crippen LogP contribution in [0.25, 0.3) is 0 Å². The molecule has 1 saturated heterocycles. The number of anilines is 1. The Morgan fingerprint density at radius 2 is 2.10 bits per heavy atom. The Hall–Kier alpha value is -1.62. The third-order valence-corrected chi connectivity index (χ3v) is 4.08. The lowest BCUT2D eigenvalue weighted by Crippen LogP contribution is -2.48. The summed E-state index contributed by atoms with van der Waals surface area (Å²) in [6, 6.07) is 3.77. The van der Waals surface area contributed by atoms with E-state index in [1.807, 2.05) is 26.0 Å². The Balaban J connectivity index is 2.00. The zero-order valence-electron chi connectivity index (χ0n) is 13.2. The van der Waals surface area contributed by atoms with Crippen LogP contribution in [0, 0.1) is 5.92 Å². The minimum Gasteiger partial charge on any atom is -0.357 e. The normalized spacial score (nSPS) is 16.9.